The van der Waals surface area contributed by atoms with E-state index in [1.54, 1.807) is 4.90 Å². The number of hydrogen-bond acceptors (Lipinski definition) is 3. The minimum atomic E-state index is -0.320. The number of amides is 1. The van der Waals surface area contributed by atoms with Crippen LogP contribution in [0.25, 0.3) is 0 Å². The lowest BCUT2D eigenvalue weighted by Gasteiger charge is -2.31. The van der Waals surface area contributed by atoms with Gasteiger partial charge in [0.2, 0.25) is 0 Å². The van der Waals surface area contributed by atoms with Crippen molar-refractivity contribution in [1.82, 2.24) is 0 Å². The standard InChI is InChI=1S/C11H13BrN2O2/c12-8-2-1-3-9(6-8)14-5-4-10(7-13)16-11(14)15/h1-3,6,10H,4-5,7,13H2. The molecule has 0 aromatic heterocycles. The number of hydrogen-bond donors (Lipinski definition) is 1. The maximum Gasteiger partial charge on any atom is 0.414 e. The van der Waals surface area contributed by atoms with Gasteiger partial charge in [0.05, 0.1) is 0 Å². The number of cyclic esters (lactones) is 1. The summed E-state index contributed by atoms with van der Waals surface area (Å²) < 4.78 is 6.13. The molecule has 4 nitrogen and oxygen atoms in total. The smallest absolute Gasteiger partial charge is 0.414 e. The highest BCUT2D eigenvalue weighted by molar-refractivity contribution is 9.10. The second-order valence-electron chi connectivity index (χ2n) is 3.66. The number of carbonyl (C=O) groups excluding carboxylic acids is 1. The highest BCUT2D eigenvalue weighted by Crippen LogP contribution is 2.23. The van der Waals surface area contributed by atoms with Crippen molar-refractivity contribution in [2.24, 2.45) is 5.73 Å². The number of ether oxygens (including phenoxy) is 1. The highest BCUT2D eigenvalue weighted by atomic mass is 79.9. The van der Waals surface area contributed by atoms with E-state index in [1.165, 1.54) is 0 Å². The van der Waals surface area contributed by atoms with E-state index in [4.69, 9.17) is 10.5 Å². The summed E-state index contributed by atoms with van der Waals surface area (Å²) in [5, 5.41) is 0. The summed E-state index contributed by atoms with van der Waals surface area (Å²) >= 11 is 3.38. The molecule has 0 aliphatic carbocycles. The Morgan fingerprint density at radius 3 is 3.00 bits per heavy atom. The van der Waals surface area contributed by atoms with Crippen LogP contribution in [-0.4, -0.2) is 25.3 Å². The second kappa shape index (κ2) is 4.84. The summed E-state index contributed by atoms with van der Waals surface area (Å²) in [6, 6.07) is 7.59. The van der Waals surface area contributed by atoms with Gasteiger partial charge in [-0.2, -0.15) is 0 Å². The molecule has 16 heavy (non-hydrogen) atoms. The Hall–Kier alpha value is -1.07. The van der Waals surface area contributed by atoms with Crippen LogP contribution < -0.4 is 10.6 Å². The largest absolute Gasteiger partial charge is 0.444 e. The number of rotatable bonds is 2. The molecule has 1 fully saturated rings. The number of benzene rings is 1. The van der Waals surface area contributed by atoms with Crippen LogP contribution in [0.4, 0.5) is 10.5 Å². The first-order valence-electron chi connectivity index (χ1n) is 5.14. The van der Waals surface area contributed by atoms with Gasteiger partial charge in [0, 0.05) is 29.7 Å². The van der Waals surface area contributed by atoms with Crippen molar-refractivity contribution in [3.63, 3.8) is 0 Å². The zero-order valence-electron chi connectivity index (χ0n) is 8.73. The summed E-state index contributed by atoms with van der Waals surface area (Å²) in [5.41, 5.74) is 6.31. The SMILES string of the molecule is NCC1CCN(c2cccc(Br)c2)C(=O)O1. The van der Waals surface area contributed by atoms with E-state index in [-0.39, 0.29) is 12.2 Å². The van der Waals surface area contributed by atoms with Gasteiger partial charge >= 0.3 is 6.09 Å². The van der Waals surface area contributed by atoms with Crippen molar-refractivity contribution in [3.05, 3.63) is 28.7 Å². The molecule has 0 radical (unpaired) electrons. The van der Waals surface area contributed by atoms with Crippen LogP contribution >= 0.6 is 15.9 Å². The predicted octanol–water partition coefficient (Wildman–Crippen LogP) is 2.12. The molecular weight excluding hydrogens is 272 g/mol. The molecule has 1 aliphatic rings. The summed E-state index contributed by atoms with van der Waals surface area (Å²) in [7, 11) is 0. The average Bonchev–Trinajstić information content (AvgIpc) is 2.28. The van der Waals surface area contributed by atoms with Crippen molar-refractivity contribution in [1.29, 1.82) is 0 Å². The fourth-order valence-electron chi connectivity index (χ4n) is 1.67. The first-order chi connectivity index (χ1) is 7.70. The molecular formula is C11H13BrN2O2. The third-order valence-corrected chi connectivity index (χ3v) is 3.04. The minimum absolute atomic E-state index is 0.143. The Bertz CT molecular complexity index is 397. The van der Waals surface area contributed by atoms with E-state index in [0.29, 0.717) is 13.1 Å². The van der Waals surface area contributed by atoms with E-state index < -0.39 is 0 Å². The van der Waals surface area contributed by atoms with Gasteiger partial charge in [0.15, 0.2) is 0 Å². The van der Waals surface area contributed by atoms with Crippen LogP contribution in [0.1, 0.15) is 6.42 Å². The van der Waals surface area contributed by atoms with Gasteiger partial charge in [-0.1, -0.05) is 22.0 Å². The average molecular weight is 285 g/mol. The van der Waals surface area contributed by atoms with E-state index >= 15 is 0 Å². The van der Waals surface area contributed by atoms with Crippen molar-refractivity contribution in [3.8, 4) is 0 Å². The Morgan fingerprint density at radius 2 is 2.38 bits per heavy atom. The summed E-state index contributed by atoms with van der Waals surface area (Å²) in [4.78, 5) is 13.3. The van der Waals surface area contributed by atoms with Gasteiger partial charge < -0.3 is 10.5 Å². The van der Waals surface area contributed by atoms with Crippen molar-refractivity contribution < 1.29 is 9.53 Å². The van der Waals surface area contributed by atoms with Crippen LogP contribution in [0.3, 0.4) is 0 Å². The highest BCUT2D eigenvalue weighted by Gasteiger charge is 2.27. The van der Waals surface area contributed by atoms with Gasteiger partial charge in [-0.15, -0.1) is 0 Å². The quantitative estimate of drug-likeness (QED) is 0.905. The minimum Gasteiger partial charge on any atom is -0.444 e. The molecule has 1 aliphatic heterocycles. The van der Waals surface area contributed by atoms with Gasteiger partial charge in [-0.05, 0) is 18.2 Å². The molecule has 1 unspecified atom stereocenters. The van der Waals surface area contributed by atoms with Crippen molar-refractivity contribution in [2.45, 2.75) is 12.5 Å². The van der Waals surface area contributed by atoms with Gasteiger partial charge in [0.25, 0.3) is 0 Å². The van der Waals surface area contributed by atoms with E-state index in [1.807, 2.05) is 24.3 Å². The topological polar surface area (TPSA) is 55.6 Å². The third kappa shape index (κ3) is 2.36. The first-order valence-corrected chi connectivity index (χ1v) is 5.94. The normalized spacial score (nSPS) is 20.8. The molecule has 2 N–H and O–H groups in total. The molecule has 1 heterocycles. The number of carbonyl (C=O) groups is 1. The fraction of sp³-hybridized carbons (Fsp3) is 0.364. The number of nitrogens with zero attached hydrogens (tertiary/aromatic N) is 1. The molecule has 1 saturated heterocycles. The third-order valence-electron chi connectivity index (χ3n) is 2.55. The van der Waals surface area contributed by atoms with Crippen LogP contribution in [0.5, 0.6) is 0 Å². The molecule has 5 heteroatoms. The predicted molar refractivity (Wildman–Crippen MR) is 65.4 cm³/mol. The Kier molecular flexibility index (Phi) is 3.46. The van der Waals surface area contributed by atoms with Gasteiger partial charge in [-0.25, -0.2) is 4.79 Å². The summed E-state index contributed by atoms with van der Waals surface area (Å²) in [6.45, 7) is 1.04. The van der Waals surface area contributed by atoms with Crippen LogP contribution in [-0.2, 0) is 4.74 Å². The zero-order chi connectivity index (χ0) is 11.5. The Morgan fingerprint density at radius 1 is 1.56 bits per heavy atom. The van der Waals surface area contributed by atoms with Crippen LogP contribution in [0.15, 0.2) is 28.7 Å². The zero-order valence-corrected chi connectivity index (χ0v) is 10.3. The Balaban J connectivity index is 2.14. The van der Waals surface area contributed by atoms with Crippen LogP contribution in [0, 0.1) is 0 Å². The molecule has 0 saturated carbocycles. The summed E-state index contributed by atoms with van der Waals surface area (Å²) in [6.07, 6.45) is 0.310. The molecule has 1 aromatic carbocycles. The van der Waals surface area contributed by atoms with E-state index in [2.05, 4.69) is 15.9 Å². The maximum absolute atomic E-state index is 11.7. The van der Waals surface area contributed by atoms with Gasteiger partial charge in [0.1, 0.15) is 6.10 Å². The monoisotopic (exact) mass is 284 g/mol. The van der Waals surface area contributed by atoms with Gasteiger partial charge in [-0.3, -0.25) is 4.90 Å². The first kappa shape index (κ1) is 11.4. The lowest BCUT2D eigenvalue weighted by atomic mass is 10.2. The van der Waals surface area contributed by atoms with Crippen molar-refractivity contribution >= 4 is 27.7 Å². The molecule has 0 spiro atoms. The fourth-order valence-corrected chi connectivity index (χ4v) is 2.06. The summed E-state index contributed by atoms with van der Waals surface area (Å²) in [5.74, 6) is 0. The van der Waals surface area contributed by atoms with Crippen LogP contribution in [0.2, 0.25) is 0 Å². The number of anilines is 1. The lowest BCUT2D eigenvalue weighted by Crippen LogP contribution is -2.44. The molecule has 1 amide bonds. The van der Waals surface area contributed by atoms with Crippen molar-refractivity contribution in [2.75, 3.05) is 18.0 Å². The molecule has 0 bridgehead atoms. The molecule has 2 rings (SSSR count). The number of nitrogens with two attached hydrogens (primary N) is 1. The second-order valence-corrected chi connectivity index (χ2v) is 4.58. The van der Waals surface area contributed by atoms with E-state index in [0.717, 1.165) is 16.6 Å². The number of halogens is 1. The molecule has 86 valence electrons. The maximum atomic E-state index is 11.7. The molecule has 1 aromatic rings. The Labute approximate surface area is 102 Å². The van der Waals surface area contributed by atoms with E-state index in [9.17, 15) is 4.79 Å². The molecule has 1 atom stereocenters. The lowest BCUT2D eigenvalue weighted by molar-refractivity contribution is 0.0888.